The van der Waals surface area contributed by atoms with Crippen LogP contribution in [-0.4, -0.2) is 42.5 Å². The molecule has 0 atom stereocenters. The van der Waals surface area contributed by atoms with Gasteiger partial charge in [-0.3, -0.25) is 14.6 Å². The highest BCUT2D eigenvalue weighted by Crippen LogP contribution is 2.35. The van der Waals surface area contributed by atoms with Crippen molar-refractivity contribution in [1.82, 2.24) is 9.88 Å². The van der Waals surface area contributed by atoms with Crippen molar-refractivity contribution in [1.29, 1.82) is 0 Å². The molecule has 2 rings (SSSR count). The number of aromatic nitrogens is 1. The topological polar surface area (TPSA) is 80.8 Å². The predicted molar refractivity (Wildman–Crippen MR) is 103 cm³/mol. The summed E-state index contributed by atoms with van der Waals surface area (Å²) in [7, 11) is 2.97. The maximum absolute atomic E-state index is 12.4. The van der Waals surface area contributed by atoms with Gasteiger partial charge in [0.1, 0.15) is 11.5 Å². The van der Waals surface area contributed by atoms with Crippen molar-refractivity contribution in [3.63, 3.8) is 0 Å². The number of anilines is 1. The summed E-state index contributed by atoms with van der Waals surface area (Å²) in [5.41, 5.74) is 1.35. The number of benzene rings is 1. The number of hydrogen-bond donors (Lipinski definition) is 1. The molecule has 0 aliphatic carbocycles. The lowest BCUT2D eigenvalue weighted by Crippen LogP contribution is -2.31. The zero-order valence-electron chi connectivity index (χ0n) is 15.5. The van der Waals surface area contributed by atoms with Crippen LogP contribution in [0.2, 0.25) is 5.02 Å². The molecule has 0 saturated heterocycles. The fourth-order valence-corrected chi connectivity index (χ4v) is 2.70. The van der Waals surface area contributed by atoms with Crippen LogP contribution in [0.25, 0.3) is 0 Å². The van der Waals surface area contributed by atoms with Crippen molar-refractivity contribution in [2.24, 2.45) is 0 Å². The summed E-state index contributed by atoms with van der Waals surface area (Å²) < 4.78 is 10.4. The van der Waals surface area contributed by atoms with Crippen LogP contribution in [0.3, 0.4) is 0 Å². The van der Waals surface area contributed by atoms with Gasteiger partial charge in [-0.15, -0.1) is 0 Å². The number of amides is 2. The number of methoxy groups -OCH3 is 2. The van der Waals surface area contributed by atoms with E-state index in [0.29, 0.717) is 28.8 Å². The minimum atomic E-state index is -0.255. The molecule has 8 heteroatoms. The van der Waals surface area contributed by atoms with Crippen molar-refractivity contribution in [2.75, 3.05) is 26.1 Å². The average Bonchev–Trinajstić information content (AvgIpc) is 2.66. The van der Waals surface area contributed by atoms with Crippen LogP contribution >= 0.6 is 11.6 Å². The van der Waals surface area contributed by atoms with Crippen LogP contribution in [0.4, 0.5) is 5.69 Å². The van der Waals surface area contributed by atoms with Crippen molar-refractivity contribution in [3.05, 3.63) is 47.2 Å². The average molecular weight is 392 g/mol. The summed E-state index contributed by atoms with van der Waals surface area (Å²) in [6, 6.07) is 6.85. The Morgan fingerprint density at radius 3 is 2.56 bits per heavy atom. The first-order valence-electron chi connectivity index (χ1n) is 8.30. The molecular formula is C19H22ClN3O4. The molecule has 1 N–H and O–H groups in total. The molecule has 2 amide bonds. The third-order valence-electron chi connectivity index (χ3n) is 3.90. The van der Waals surface area contributed by atoms with Crippen LogP contribution in [0, 0.1) is 0 Å². The van der Waals surface area contributed by atoms with E-state index in [4.69, 9.17) is 21.1 Å². The summed E-state index contributed by atoms with van der Waals surface area (Å²) in [5, 5.41) is 3.15. The van der Waals surface area contributed by atoms with Crippen LogP contribution in [0.15, 0.2) is 36.7 Å². The second-order valence-electron chi connectivity index (χ2n) is 5.79. The van der Waals surface area contributed by atoms with E-state index in [-0.39, 0.29) is 24.8 Å². The summed E-state index contributed by atoms with van der Waals surface area (Å²) in [5.74, 6) is 0.482. The number of nitrogens with one attached hydrogen (secondary N) is 1. The number of ether oxygens (including phenoxy) is 2. The Balaban J connectivity index is 2.01. The van der Waals surface area contributed by atoms with Gasteiger partial charge in [0, 0.05) is 51.0 Å². The summed E-state index contributed by atoms with van der Waals surface area (Å²) >= 11 is 6.06. The Bertz CT molecular complexity index is 799. The van der Waals surface area contributed by atoms with Crippen LogP contribution in [-0.2, 0) is 16.1 Å². The normalized spacial score (nSPS) is 10.2. The first-order chi connectivity index (χ1) is 12.9. The van der Waals surface area contributed by atoms with Gasteiger partial charge < -0.3 is 19.7 Å². The highest BCUT2D eigenvalue weighted by atomic mass is 35.5. The molecule has 1 aromatic heterocycles. The van der Waals surface area contributed by atoms with Gasteiger partial charge >= 0.3 is 0 Å². The lowest BCUT2D eigenvalue weighted by molar-refractivity contribution is -0.129. The largest absolute Gasteiger partial charge is 0.495 e. The van der Waals surface area contributed by atoms with Crippen LogP contribution in [0.1, 0.15) is 18.9 Å². The summed E-state index contributed by atoms with van der Waals surface area (Å²) in [6.45, 7) is 2.15. The SMILES string of the molecule is COc1cc(NC(=O)CCN(Cc2cccnc2)C(C)=O)c(OC)cc1Cl. The lowest BCUT2D eigenvalue weighted by atomic mass is 10.2. The number of halogens is 1. The summed E-state index contributed by atoms with van der Waals surface area (Å²) in [6.07, 6.45) is 3.50. The molecule has 0 unspecified atom stereocenters. The Kier molecular flexibility index (Phi) is 7.43. The standard InChI is InChI=1S/C19H22ClN3O4/c1-13(24)23(12-14-5-4-7-21-11-14)8-6-19(25)22-16-10-17(26-2)15(20)9-18(16)27-3/h4-5,7,9-11H,6,8,12H2,1-3H3,(H,22,25). The third kappa shape index (κ3) is 5.86. The van der Waals surface area contributed by atoms with E-state index in [9.17, 15) is 9.59 Å². The van der Waals surface area contributed by atoms with E-state index < -0.39 is 0 Å². The Morgan fingerprint density at radius 2 is 1.96 bits per heavy atom. The third-order valence-corrected chi connectivity index (χ3v) is 4.19. The molecule has 0 radical (unpaired) electrons. The molecule has 0 aliphatic heterocycles. The molecule has 0 fully saturated rings. The van der Waals surface area contributed by atoms with Crippen LogP contribution in [0.5, 0.6) is 11.5 Å². The molecule has 144 valence electrons. The second-order valence-corrected chi connectivity index (χ2v) is 6.19. The maximum Gasteiger partial charge on any atom is 0.226 e. The van der Waals surface area contributed by atoms with Gasteiger partial charge in [0.2, 0.25) is 11.8 Å². The first-order valence-corrected chi connectivity index (χ1v) is 8.68. The van der Waals surface area contributed by atoms with E-state index in [0.717, 1.165) is 5.56 Å². The van der Waals surface area contributed by atoms with Crippen molar-refractivity contribution in [2.45, 2.75) is 19.9 Å². The predicted octanol–water partition coefficient (Wildman–Crippen LogP) is 3.13. The lowest BCUT2D eigenvalue weighted by Gasteiger charge is -2.21. The maximum atomic E-state index is 12.4. The van der Waals surface area contributed by atoms with Gasteiger partial charge in [-0.05, 0) is 11.6 Å². The van der Waals surface area contributed by atoms with E-state index >= 15 is 0 Å². The molecule has 0 aliphatic rings. The molecule has 0 bridgehead atoms. The molecule has 2 aromatic rings. The zero-order chi connectivity index (χ0) is 19.8. The fraction of sp³-hybridized carbons (Fsp3) is 0.316. The van der Waals surface area contributed by atoms with Gasteiger partial charge in [-0.25, -0.2) is 0 Å². The molecule has 7 nitrogen and oxygen atoms in total. The first kappa shape index (κ1) is 20.5. The van der Waals surface area contributed by atoms with E-state index in [1.165, 1.54) is 21.1 Å². The molecule has 0 saturated carbocycles. The highest BCUT2D eigenvalue weighted by Gasteiger charge is 2.15. The molecule has 1 aromatic carbocycles. The minimum absolute atomic E-state index is 0.114. The summed E-state index contributed by atoms with van der Waals surface area (Å²) in [4.78, 5) is 29.8. The molecule has 27 heavy (non-hydrogen) atoms. The quantitative estimate of drug-likeness (QED) is 0.747. The van der Waals surface area contributed by atoms with Gasteiger partial charge in [0.05, 0.1) is 24.9 Å². The van der Waals surface area contributed by atoms with Crippen LogP contribution < -0.4 is 14.8 Å². The molecule has 1 heterocycles. The van der Waals surface area contributed by atoms with Gasteiger partial charge in [0.15, 0.2) is 0 Å². The van der Waals surface area contributed by atoms with E-state index in [1.54, 1.807) is 35.5 Å². The molecule has 0 spiro atoms. The number of carbonyl (C=O) groups excluding carboxylic acids is 2. The van der Waals surface area contributed by atoms with Gasteiger partial charge in [-0.2, -0.15) is 0 Å². The molecular weight excluding hydrogens is 370 g/mol. The van der Waals surface area contributed by atoms with E-state index in [2.05, 4.69) is 10.3 Å². The second kappa shape index (κ2) is 9.78. The Labute approximate surface area is 163 Å². The smallest absolute Gasteiger partial charge is 0.226 e. The number of rotatable bonds is 8. The number of carbonyl (C=O) groups is 2. The van der Waals surface area contributed by atoms with E-state index in [1.807, 2.05) is 6.07 Å². The Hall–Kier alpha value is -2.80. The van der Waals surface area contributed by atoms with Crippen molar-refractivity contribution in [3.8, 4) is 11.5 Å². The number of hydrogen-bond acceptors (Lipinski definition) is 5. The highest BCUT2D eigenvalue weighted by molar-refractivity contribution is 6.32. The number of pyridine rings is 1. The number of nitrogens with zero attached hydrogens (tertiary/aromatic N) is 2. The van der Waals surface area contributed by atoms with Gasteiger partial charge in [-0.1, -0.05) is 17.7 Å². The van der Waals surface area contributed by atoms with Crippen molar-refractivity contribution >= 4 is 29.1 Å². The zero-order valence-corrected chi connectivity index (χ0v) is 16.2. The fourth-order valence-electron chi connectivity index (χ4n) is 2.47. The van der Waals surface area contributed by atoms with Gasteiger partial charge in [0.25, 0.3) is 0 Å². The minimum Gasteiger partial charge on any atom is -0.495 e. The Morgan fingerprint density at radius 1 is 1.22 bits per heavy atom. The van der Waals surface area contributed by atoms with Crippen molar-refractivity contribution < 1.29 is 19.1 Å². The monoisotopic (exact) mass is 391 g/mol.